The Hall–Kier alpha value is -1.70. The molecule has 7 heteroatoms. The lowest BCUT2D eigenvalue weighted by Gasteiger charge is -2.69. The summed E-state index contributed by atoms with van der Waals surface area (Å²) in [6.45, 7) is 16.0. The second kappa shape index (κ2) is 10.2. The number of aliphatic carboxylic acids is 1. The van der Waals surface area contributed by atoms with Gasteiger partial charge in [0.25, 0.3) is 0 Å². The third-order valence-corrected chi connectivity index (χ3v) is 12.4. The number of carbonyl (C=O) groups is 2. The zero-order valence-electron chi connectivity index (χ0n) is 25.5. The van der Waals surface area contributed by atoms with Gasteiger partial charge in [0.1, 0.15) is 6.10 Å². The number of carboxylic acids is 1. The molecule has 9 atom stereocenters. The summed E-state index contributed by atoms with van der Waals surface area (Å²) in [5, 5.41) is 22.5. The van der Waals surface area contributed by atoms with Crippen LogP contribution in [0, 0.1) is 39.9 Å². The van der Waals surface area contributed by atoms with E-state index >= 15 is 0 Å². The van der Waals surface area contributed by atoms with E-state index in [0.29, 0.717) is 50.4 Å². The Balaban J connectivity index is 1.57. The van der Waals surface area contributed by atoms with Crippen LogP contribution in [0.4, 0.5) is 0 Å². The van der Waals surface area contributed by atoms with Crippen molar-refractivity contribution in [2.24, 2.45) is 39.9 Å². The predicted molar refractivity (Wildman–Crippen MR) is 151 cm³/mol. The topological polar surface area (TPSA) is 102 Å². The van der Waals surface area contributed by atoms with Gasteiger partial charge in [-0.05, 0) is 98.4 Å². The summed E-state index contributed by atoms with van der Waals surface area (Å²) in [5.41, 5.74) is 1.59. The third-order valence-electron chi connectivity index (χ3n) is 12.4. The van der Waals surface area contributed by atoms with Gasteiger partial charge in [0, 0.05) is 24.8 Å². The van der Waals surface area contributed by atoms with Crippen molar-refractivity contribution in [3.8, 4) is 0 Å². The van der Waals surface area contributed by atoms with Crippen molar-refractivity contribution in [2.45, 2.75) is 118 Å². The second-order valence-electron chi connectivity index (χ2n) is 14.5. The van der Waals surface area contributed by atoms with Crippen molar-refractivity contribution >= 4 is 11.9 Å². The van der Waals surface area contributed by atoms with Crippen LogP contribution in [-0.4, -0.2) is 53.4 Å². The van der Waals surface area contributed by atoms with Crippen LogP contribution < -0.4 is 0 Å². The molecule has 0 aromatic carbocycles. The quantitative estimate of drug-likeness (QED) is 0.241. The highest BCUT2D eigenvalue weighted by Gasteiger charge is 2.72. The van der Waals surface area contributed by atoms with Crippen molar-refractivity contribution in [3.63, 3.8) is 0 Å². The first-order chi connectivity index (χ1) is 18.7. The molecule has 40 heavy (non-hydrogen) atoms. The van der Waals surface area contributed by atoms with E-state index in [2.05, 4.69) is 33.8 Å². The molecule has 0 bridgehead atoms. The van der Waals surface area contributed by atoms with E-state index in [1.807, 2.05) is 13.8 Å². The summed E-state index contributed by atoms with van der Waals surface area (Å²) in [5.74, 6) is -1.34. The van der Waals surface area contributed by atoms with Crippen LogP contribution in [0.2, 0.25) is 0 Å². The molecule has 5 rings (SSSR count). The monoisotopic (exact) mass is 558 g/mol. The molecule has 224 valence electrons. The maximum atomic E-state index is 12.7. The molecule has 0 aromatic rings. The van der Waals surface area contributed by atoms with Gasteiger partial charge in [-0.25, -0.2) is 4.79 Å². The molecule has 0 unspecified atom stereocenters. The van der Waals surface area contributed by atoms with Gasteiger partial charge in [0.05, 0.1) is 19.3 Å². The highest BCUT2D eigenvalue weighted by Crippen LogP contribution is 2.75. The van der Waals surface area contributed by atoms with E-state index in [1.54, 1.807) is 0 Å². The third kappa shape index (κ3) is 4.32. The van der Waals surface area contributed by atoms with Crippen LogP contribution in [0.15, 0.2) is 22.8 Å². The number of esters is 1. The predicted octanol–water partition coefficient (Wildman–Crippen LogP) is 6.05. The van der Waals surface area contributed by atoms with Crippen LogP contribution in [0.3, 0.4) is 0 Å². The Morgan fingerprint density at radius 3 is 2.33 bits per heavy atom. The zero-order valence-corrected chi connectivity index (χ0v) is 25.5. The minimum atomic E-state index is -0.945. The lowest BCUT2D eigenvalue weighted by molar-refractivity contribution is -0.288. The van der Waals surface area contributed by atoms with Crippen LogP contribution in [0.25, 0.3) is 0 Å². The van der Waals surface area contributed by atoms with Gasteiger partial charge in [-0.3, -0.25) is 4.79 Å². The number of carbonyl (C=O) groups excluding carboxylic acids is 1. The Kier molecular flexibility index (Phi) is 7.62. The van der Waals surface area contributed by atoms with Crippen LogP contribution in [0.5, 0.6) is 0 Å². The molecule has 5 fully saturated rings. The average molecular weight is 559 g/mol. The highest BCUT2D eigenvalue weighted by atomic mass is 16.7. The molecular weight excluding hydrogens is 508 g/mol. The molecule has 5 aliphatic rings. The van der Waals surface area contributed by atoms with Crippen molar-refractivity contribution < 1.29 is 34.0 Å². The lowest BCUT2D eigenvalue weighted by Crippen LogP contribution is -2.67. The summed E-state index contributed by atoms with van der Waals surface area (Å²) in [6, 6.07) is 0. The highest BCUT2D eigenvalue weighted by molar-refractivity contribution is 5.88. The van der Waals surface area contributed by atoms with Gasteiger partial charge in [0.15, 0.2) is 5.79 Å². The van der Waals surface area contributed by atoms with E-state index < -0.39 is 24.0 Å². The maximum Gasteiger partial charge on any atom is 0.331 e. The molecule has 0 amide bonds. The normalized spacial score (nSPS) is 44.8. The van der Waals surface area contributed by atoms with E-state index in [4.69, 9.17) is 14.2 Å². The number of aliphatic hydroxyl groups is 1. The van der Waals surface area contributed by atoms with Crippen LogP contribution >= 0.6 is 0 Å². The van der Waals surface area contributed by atoms with Gasteiger partial charge in [-0.15, -0.1) is 0 Å². The number of hydrogen-bond donors (Lipinski definition) is 2. The second-order valence-corrected chi connectivity index (χ2v) is 14.5. The molecule has 1 aliphatic heterocycles. The molecule has 0 aromatic heterocycles. The number of fused-ring (bicyclic) bond motifs is 5. The summed E-state index contributed by atoms with van der Waals surface area (Å²) < 4.78 is 18.4. The first kappa shape index (κ1) is 29.8. The molecule has 7 nitrogen and oxygen atoms in total. The molecule has 1 heterocycles. The Labute approximate surface area is 239 Å². The number of rotatable bonds is 5. The Morgan fingerprint density at radius 2 is 1.73 bits per heavy atom. The fourth-order valence-electron chi connectivity index (χ4n) is 10.6. The molecule has 4 saturated carbocycles. The van der Waals surface area contributed by atoms with E-state index in [0.717, 1.165) is 36.8 Å². The SMILES string of the molecule is CC(=O)O[C@H]1C[C@@]2(C)[C@@H](C[C@@H](O)[C@H]3[C@@]4(C)CCC5(OCCO5)[C@@H](C)[C@@H]4CC[C@@]32C)/C1=C(\CCC=C(C)C)C(=O)O. The summed E-state index contributed by atoms with van der Waals surface area (Å²) in [7, 11) is 0. The van der Waals surface area contributed by atoms with Crippen LogP contribution in [0.1, 0.15) is 99.8 Å². The number of carboxylic acid groups (broad SMARTS) is 1. The van der Waals surface area contributed by atoms with Gasteiger partial charge in [-0.1, -0.05) is 39.3 Å². The fourth-order valence-corrected chi connectivity index (χ4v) is 10.6. The number of aliphatic hydroxyl groups excluding tert-OH is 1. The van der Waals surface area contributed by atoms with E-state index in [9.17, 15) is 19.8 Å². The molecule has 2 N–H and O–H groups in total. The van der Waals surface area contributed by atoms with Crippen molar-refractivity contribution in [1.29, 1.82) is 0 Å². The minimum Gasteiger partial charge on any atom is -0.478 e. The van der Waals surface area contributed by atoms with Crippen molar-refractivity contribution in [1.82, 2.24) is 0 Å². The van der Waals surface area contributed by atoms with Gasteiger partial charge in [0.2, 0.25) is 0 Å². The molecule has 1 spiro atoms. The molecule has 4 aliphatic carbocycles. The summed E-state index contributed by atoms with van der Waals surface area (Å²) >= 11 is 0. The van der Waals surface area contributed by atoms with Crippen molar-refractivity contribution in [3.05, 3.63) is 22.8 Å². The Morgan fingerprint density at radius 1 is 1.05 bits per heavy atom. The first-order valence-corrected chi connectivity index (χ1v) is 15.4. The van der Waals surface area contributed by atoms with Gasteiger partial charge in [-0.2, -0.15) is 0 Å². The smallest absolute Gasteiger partial charge is 0.331 e. The minimum absolute atomic E-state index is 0.0532. The largest absolute Gasteiger partial charge is 0.478 e. The standard InChI is InChI=1S/C33H50O7/c1-19(2)9-8-10-22(29(36)37)27-24-17-25(35)28-30(5)13-14-33(38-15-16-39-33)20(3)23(30)11-12-31(28,6)32(24,7)18-26(27)40-21(4)34/h9,20,23-26,28,35H,8,10-18H2,1-7H3,(H,36,37)/b27-22-/t20-,23-,24-,25+,26-,28-,30-,31-,32-/m0/s1. The molecule has 1 saturated heterocycles. The van der Waals surface area contributed by atoms with E-state index in [-0.39, 0.29) is 40.0 Å². The lowest BCUT2D eigenvalue weighted by atomic mass is 9.36. The number of allylic oxidation sites excluding steroid dienone is 2. The first-order valence-electron chi connectivity index (χ1n) is 15.4. The van der Waals surface area contributed by atoms with Crippen LogP contribution in [-0.2, 0) is 23.8 Å². The molecule has 0 radical (unpaired) electrons. The number of hydrogen-bond acceptors (Lipinski definition) is 6. The maximum absolute atomic E-state index is 12.7. The van der Waals surface area contributed by atoms with Gasteiger partial charge < -0.3 is 24.4 Å². The number of ether oxygens (including phenoxy) is 3. The van der Waals surface area contributed by atoms with E-state index in [1.165, 1.54) is 6.92 Å². The summed E-state index contributed by atoms with van der Waals surface area (Å²) in [4.78, 5) is 25.0. The zero-order chi connectivity index (χ0) is 29.3. The van der Waals surface area contributed by atoms with Crippen molar-refractivity contribution in [2.75, 3.05) is 13.2 Å². The Bertz CT molecular complexity index is 1100. The summed E-state index contributed by atoms with van der Waals surface area (Å²) in [6.07, 6.45) is 6.72. The fraction of sp³-hybridized carbons (Fsp3) is 0.818. The average Bonchev–Trinajstić information content (AvgIpc) is 3.43. The molecular formula is C33H50O7. The van der Waals surface area contributed by atoms with Gasteiger partial charge >= 0.3 is 11.9 Å².